The zero-order valence-electron chi connectivity index (χ0n) is 7.33. The average molecular weight is 257 g/mol. The monoisotopic (exact) mass is 256 g/mol. The Balaban J connectivity index is 3.07. The molecule has 1 N–H and O–H groups in total. The minimum Gasteiger partial charge on any atom is -0.545 e. The second-order valence-electron chi connectivity index (χ2n) is 2.70. The summed E-state index contributed by atoms with van der Waals surface area (Å²) in [5, 5.41) is 13.0. The van der Waals surface area contributed by atoms with Crippen LogP contribution in [0.15, 0.2) is 22.7 Å². The molecule has 74 valence electrons. The first-order valence-corrected chi connectivity index (χ1v) is 4.58. The molecule has 0 aliphatic rings. The number of amides is 1. The van der Waals surface area contributed by atoms with Crippen LogP contribution in [0.4, 0.5) is 5.69 Å². The Morgan fingerprint density at radius 1 is 1.36 bits per heavy atom. The van der Waals surface area contributed by atoms with Crippen LogP contribution < -0.4 is 10.4 Å². The predicted octanol–water partition coefficient (Wildman–Crippen LogP) is 0.771. The number of hydrogen-bond acceptors (Lipinski definition) is 3. The van der Waals surface area contributed by atoms with Gasteiger partial charge in [-0.05, 0) is 18.2 Å². The molecule has 0 unspecified atom stereocenters. The molecule has 1 aromatic carbocycles. The summed E-state index contributed by atoms with van der Waals surface area (Å²) < 4.78 is 0.572. The number of carboxylic acid groups (broad SMARTS) is 1. The number of benzene rings is 1. The summed E-state index contributed by atoms with van der Waals surface area (Å²) in [7, 11) is 0. The molecule has 0 atom stereocenters. The second kappa shape index (κ2) is 4.23. The Hall–Kier alpha value is -1.36. The van der Waals surface area contributed by atoms with Crippen LogP contribution in [-0.2, 0) is 4.79 Å². The lowest BCUT2D eigenvalue weighted by atomic mass is 10.2. The van der Waals surface area contributed by atoms with E-state index in [0.29, 0.717) is 10.2 Å². The Labute approximate surface area is 89.1 Å². The van der Waals surface area contributed by atoms with Gasteiger partial charge in [-0.1, -0.05) is 15.9 Å². The normalized spacial score (nSPS) is 9.57. The molecule has 0 aliphatic carbocycles. The van der Waals surface area contributed by atoms with Crippen LogP contribution in [0, 0.1) is 0 Å². The Bertz CT molecular complexity index is 390. The minimum absolute atomic E-state index is 0.0168. The van der Waals surface area contributed by atoms with Crippen molar-refractivity contribution in [1.82, 2.24) is 0 Å². The van der Waals surface area contributed by atoms with E-state index in [1.807, 2.05) is 0 Å². The van der Waals surface area contributed by atoms with E-state index in [9.17, 15) is 14.7 Å². The molecule has 0 saturated carbocycles. The van der Waals surface area contributed by atoms with Crippen molar-refractivity contribution in [2.24, 2.45) is 0 Å². The van der Waals surface area contributed by atoms with Crippen LogP contribution in [0.2, 0.25) is 0 Å². The van der Waals surface area contributed by atoms with E-state index < -0.39 is 5.97 Å². The third-order valence-corrected chi connectivity index (χ3v) is 1.91. The molecule has 14 heavy (non-hydrogen) atoms. The topological polar surface area (TPSA) is 69.2 Å². The van der Waals surface area contributed by atoms with E-state index in [1.165, 1.54) is 19.1 Å². The van der Waals surface area contributed by atoms with Gasteiger partial charge in [-0.25, -0.2) is 0 Å². The van der Waals surface area contributed by atoms with Crippen molar-refractivity contribution in [3.05, 3.63) is 28.2 Å². The lowest BCUT2D eigenvalue weighted by Crippen LogP contribution is -2.22. The third-order valence-electron chi connectivity index (χ3n) is 1.45. The maximum atomic E-state index is 10.7. The molecule has 1 aromatic rings. The van der Waals surface area contributed by atoms with Gasteiger partial charge in [0.05, 0.1) is 5.97 Å². The van der Waals surface area contributed by atoms with E-state index in [-0.39, 0.29) is 11.5 Å². The number of carboxylic acids is 1. The first-order chi connectivity index (χ1) is 6.49. The summed E-state index contributed by atoms with van der Waals surface area (Å²) in [4.78, 5) is 21.3. The smallest absolute Gasteiger partial charge is 0.221 e. The fourth-order valence-corrected chi connectivity index (χ4v) is 1.48. The summed E-state index contributed by atoms with van der Waals surface area (Å²) in [6.45, 7) is 1.35. The van der Waals surface area contributed by atoms with Gasteiger partial charge in [0.1, 0.15) is 0 Å². The molecule has 1 rings (SSSR count). The van der Waals surface area contributed by atoms with Crippen LogP contribution in [0.3, 0.4) is 0 Å². The van der Waals surface area contributed by atoms with Crippen molar-refractivity contribution < 1.29 is 14.7 Å². The molecule has 0 heterocycles. The lowest BCUT2D eigenvalue weighted by molar-refractivity contribution is -0.255. The first kappa shape index (κ1) is 10.7. The van der Waals surface area contributed by atoms with E-state index >= 15 is 0 Å². The minimum atomic E-state index is -1.28. The van der Waals surface area contributed by atoms with Crippen molar-refractivity contribution >= 4 is 33.5 Å². The van der Waals surface area contributed by atoms with Gasteiger partial charge < -0.3 is 15.2 Å². The maximum absolute atomic E-state index is 10.7. The lowest BCUT2D eigenvalue weighted by Gasteiger charge is -2.07. The average Bonchev–Trinajstić information content (AvgIpc) is 2.01. The number of carbonyl (C=O) groups excluding carboxylic acids is 2. The third kappa shape index (κ3) is 2.85. The highest BCUT2D eigenvalue weighted by atomic mass is 79.9. The van der Waals surface area contributed by atoms with Crippen LogP contribution in [-0.4, -0.2) is 11.9 Å². The van der Waals surface area contributed by atoms with Gasteiger partial charge in [0.15, 0.2) is 0 Å². The highest BCUT2D eigenvalue weighted by Crippen LogP contribution is 2.19. The highest BCUT2D eigenvalue weighted by Gasteiger charge is 2.01. The molecule has 0 fully saturated rings. The summed E-state index contributed by atoms with van der Waals surface area (Å²) >= 11 is 3.13. The Morgan fingerprint density at radius 2 is 2.00 bits per heavy atom. The van der Waals surface area contributed by atoms with Gasteiger partial charge in [-0.2, -0.15) is 0 Å². The summed E-state index contributed by atoms with van der Waals surface area (Å²) in [6.07, 6.45) is 0. The number of rotatable bonds is 2. The van der Waals surface area contributed by atoms with E-state index in [2.05, 4.69) is 21.2 Å². The van der Waals surface area contributed by atoms with Crippen LogP contribution in [0.5, 0.6) is 0 Å². The number of aromatic carboxylic acids is 1. The summed E-state index contributed by atoms with van der Waals surface area (Å²) in [5.74, 6) is -1.54. The fraction of sp³-hybridized carbons (Fsp3) is 0.111. The van der Waals surface area contributed by atoms with Gasteiger partial charge in [0.2, 0.25) is 5.91 Å². The number of anilines is 1. The van der Waals surface area contributed by atoms with Crippen LogP contribution in [0.25, 0.3) is 0 Å². The molecule has 4 nitrogen and oxygen atoms in total. The standard InChI is InChI=1S/C9H8BrNO3/c1-5(12)11-8-3-6(9(13)14)2-7(10)4-8/h2-4H,1H3,(H,11,12)(H,13,14)/p-1. The maximum Gasteiger partial charge on any atom is 0.221 e. The SMILES string of the molecule is CC(=O)Nc1cc(Br)cc(C(=O)[O-])c1. The molecule has 0 saturated heterocycles. The van der Waals surface area contributed by atoms with E-state index in [0.717, 1.165) is 0 Å². The number of hydrogen-bond donors (Lipinski definition) is 1. The van der Waals surface area contributed by atoms with Crippen molar-refractivity contribution in [2.45, 2.75) is 6.92 Å². The molecular formula is C9H7BrNO3-. The molecule has 0 radical (unpaired) electrons. The molecule has 1 amide bonds. The van der Waals surface area contributed by atoms with Crippen LogP contribution in [0.1, 0.15) is 17.3 Å². The zero-order valence-corrected chi connectivity index (χ0v) is 8.92. The predicted molar refractivity (Wildman–Crippen MR) is 52.8 cm³/mol. The van der Waals surface area contributed by atoms with Gasteiger partial charge >= 0.3 is 0 Å². The molecule has 0 aromatic heterocycles. The quantitative estimate of drug-likeness (QED) is 0.850. The zero-order chi connectivity index (χ0) is 10.7. The van der Waals surface area contributed by atoms with Crippen molar-refractivity contribution in [3.63, 3.8) is 0 Å². The number of halogens is 1. The van der Waals surface area contributed by atoms with Crippen molar-refractivity contribution in [3.8, 4) is 0 Å². The van der Waals surface area contributed by atoms with E-state index in [4.69, 9.17) is 0 Å². The van der Waals surface area contributed by atoms with Crippen LogP contribution >= 0.6 is 15.9 Å². The van der Waals surface area contributed by atoms with Gasteiger partial charge in [0.25, 0.3) is 0 Å². The van der Waals surface area contributed by atoms with Gasteiger partial charge in [0, 0.05) is 22.6 Å². The largest absolute Gasteiger partial charge is 0.545 e. The molecule has 0 aliphatic heterocycles. The van der Waals surface area contributed by atoms with Gasteiger partial charge in [-0.15, -0.1) is 0 Å². The summed E-state index contributed by atoms with van der Waals surface area (Å²) in [5.41, 5.74) is 0.439. The Morgan fingerprint density at radius 3 is 2.50 bits per heavy atom. The molecule has 5 heteroatoms. The Kier molecular flexibility index (Phi) is 3.24. The summed E-state index contributed by atoms with van der Waals surface area (Å²) in [6, 6.07) is 4.34. The van der Waals surface area contributed by atoms with E-state index in [1.54, 1.807) is 6.07 Å². The molecule has 0 bridgehead atoms. The van der Waals surface area contributed by atoms with Crippen molar-refractivity contribution in [2.75, 3.05) is 5.32 Å². The highest BCUT2D eigenvalue weighted by molar-refractivity contribution is 9.10. The number of nitrogens with one attached hydrogen (secondary N) is 1. The fourth-order valence-electron chi connectivity index (χ4n) is 0.983. The number of carbonyl (C=O) groups is 2. The first-order valence-electron chi connectivity index (χ1n) is 3.78. The van der Waals surface area contributed by atoms with Gasteiger partial charge in [-0.3, -0.25) is 4.79 Å². The second-order valence-corrected chi connectivity index (χ2v) is 3.61. The molecular weight excluding hydrogens is 250 g/mol. The molecule has 0 spiro atoms. The van der Waals surface area contributed by atoms with Crippen molar-refractivity contribution in [1.29, 1.82) is 0 Å².